The van der Waals surface area contributed by atoms with E-state index in [0.717, 1.165) is 5.56 Å². The van der Waals surface area contributed by atoms with Gasteiger partial charge in [0.2, 0.25) is 5.91 Å². The summed E-state index contributed by atoms with van der Waals surface area (Å²) >= 11 is 5.96. The molecule has 0 aliphatic carbocycles. The molecule has 6 heteroatoms. The number of carbonyl (C=O) groups excluding carboxylic acids is 1. The molecule has 1 atom stereocenters. The molecule has 0 spiro atoms. The molecule has 2 rings (SSSR count). The van der Waals surface area contributed by atoms with Gasteiger partial charge in [-0.3, -0.25) is 14.5 Å². The number of piperidine rings is 1. The van der Waals surface area contributed by atoms with Crippen LogP contribution in [0.3, 0.4) is 0 Å². The molecule has 1 aliphatic heterocycles. The minimum absolute atomic E-state index is 0.0980. The summed E-state index contributed by atoms with van der Waals surface area (Å²) in [5.74, 6) is -1.13. The lowest BCUT2D eigenvalue weighted by atomic mass is 9.96. The number of hydrogen-bond acceptors (Lipinski definition) is 3. The molecule has 1 aliphatic rings. The first-order valence-electron chi connectivity index (χ1n) is 7.42. The van der Waals surface area contributed by atoms with Crippen LogP contribution in [-0.4, -0.2) is 41.0 Å². The van der Waals surface area contributed by atoms with Gasteiger partial charge in [0.25, 0.3) is 0 Å². The van der Waals surface area contributed by atoms with Crippen molar-refractivity contribution in [2.45, 2.75) is 32.7 Å². The van der Waals surface area contributed by atoms with Gasteiger partial charge < -0.3 is 10.4 Å². The lowest BCUT2D eigenvalue weighted by Gasteiger charge is -2.33. The van der Waals surface area contributed by atoms with E-state index in [1.807, 2.05) is 24.8 Å². The molecular weight excluding hydrogens is 304 g/mol. The highest BCUT2D eigenvalue weighted by Crippen LogP contribution is 2.22. The minimum atomic E-state index is -0.744. The predicted molar refractivity (Wildman–Crippen MR) is 86.2 cm³/mol. The van der Waals surface area contributed by atoms with Crippen molar-refractivity contribution < 1.29 is 14.7 Å². The van der Waals surface area contributed by atoms with Gasteiger partial charge in [0.1, 0.15) is 0 Å². The van der Waals surface area contributed by atoms with E-state index in [2.05, 4.69) is 5.32 Å². The van der Waals surface area contributed by atoms with Crippen LogP contribution in [0.15, 0.2) is 18.2 Å². The number of nitrogens with one attached hydrogen (secondary N) is 1. The van der Waals surface area contributed by atoms with Crippen LogP contribution < -0.4 is 5.32 Å². The molecule has 5 nitrogen and oxygen atoms in total. The normalized spacial score (nSPS) is 18.0. The Bertz CT molecular complexity index is 569. The van der Waals surface area contributed by atoms with Crippen molar-refractivity contribution in [2.75, 3.05) is 18.4 Å². The van der Waals surface area contributed by atoms with Crippen molar-refractivity contribution >= 4 is 29.2 Å². The van der Waals surface area contributed by atoms with Crippen LogP contribution in [-0.2, 0) is 9.59 Å². The van der Waals surface area contributed by atoms with Crippen LogP contribution in [0.5, 0.6) is 0 Å². The fourth-order valence-electron chi connectivity index (χ4n) is 2.67. The predicted octanol–water partition coefficient (Wildman–Crippen LogP) is 2.77. The van der Waals surface area contributed by atoms with Crippen molar-refractivity contribution in [3.8, 4) is 0 Å². The lowest BCUT2D eigenvalue weighted by molar-refractivity contribution is -0.143. The highest BCUT2D eigenvalue weighted by molar-refractivity contribution is 6.31. The van der Waals surface area contributed by atoms with Gasteiger partial charge in [0.15, 0.2) is 0 Å². The summed E-state index contributed by atoms with van der Waals surface area (Å²) in [6, 6.07) is 5.08. The zero-order valence-corrected chi connectivity index (χ0v) is 13.6. The number of carboxylic acid groups (broad SMARTS) is 1. The summed E-state index contributed by atoms with van der Waals surface area (Å²) in [6.45, 7) is 5.01. The van der Waals surface area contributed by atoms with E-state index in [1.54, 1.807) is 12.1 Å². The Hall–Kier alpha value is -1.59. The smallest absolute Gasteiger partial charge is 0.306 e. The van der Waals surface area contributed by atoms with Crippen LogP contribution >= 0.6 is 11.6 Å². The molecule has 1 amide bonds. The highest BCUT2D eigenvalue weighted by Gasteiger charge is 2.29. The second-order valence-corrected chi connectivity index (χ2v) is 6.21. The van der Waals surface area contributed by atoms with Gasteiger partial charge in [-0.2, -0.15) is 0 Å². The van der Waals surface area contributed by atoms with Crippen molar-refractivity contribution in [1.29, 1.82) is 0 Å². The molecule has 1 fully saturated rings. The van der Waals surface area contributed by atoms with E-state index < -0.39 is 5.97 Å². The van der Waals surface area contributed by atoms with Crippen LogP contribution in [0.1, 0.15) is 25.3 Å². The number of aryl methyl sites for hydroxylation is 1. The van der Waals surface area contributed by atoms with Gasteiger partial charge in [-0.25, -0.2) is 0 Å². The number of rotatable bonds is 4. The van der Waals surface area contributed by atoms with Gasteiger partial charge in [-0.05, 0) is 57.5 Å². The average Bonchev–Trinajstić information content (AvgIpc) is 2.50. The molecule has 0 radical (unpaired) electrons. The monoisotopic (exact) mass is 324 g/mol. The fraction of sp³-hybridized carbons (Fsp3) is 0.500. The summed E-state index contributed by atoms with van der Waals surface area (Å²) in [7, 11) is 0. The number of carbonyl (C=O) groups is 2. The number of likely N-dealkylation sites (tertiary alicyclic amines) is 1. The van der Waals surface area contributed by atoms with Crippen LogP contribution in [0.4, 0.5) is 5.69 Å². The van der Waals surface area contributed by atoms with Crippen molar-refractivity contribution in [3.05, 3.63) is 28.8 Å². The van der Waals surface area contributed by atoms with E-state index in [9.17, 15) is 9.59 Å². The zero-order chi connectivity index (χ0) is 16.3. The number of benzene rings is 1. The highest BCUT2D eigenvalue weighted by atomic mass is 35.5. The molecule has 1 aromatic rings. The average molecular weight is 325 g/mol. The summed E-state index contributed by atoms with van der Waals surface area (Å²) in [5.41, 5.74) is 1.67. The number of amides is 1. The fourth-order valence-corrected chi connectivity index (χ4v) is 2.84. The van der Waals surface area contributed by atoms with Gasteiger partial charge in [-0.15, -0.1) is 0 Å². The molecule has 1 heterocycles. The molecule has 2 N–H and O–H groups in total. The maximum atomic E-state index is 12.4. The first-order valence-corrected chi connectivity index (χ1v) is 7.80. The van der Waals surface area contributed by atoms with Crippen LogP contribution in [0, 0.1) is 12.8 Å². The second-order valence-electron chi connectivity index (χ2n) is 5.77. The Kier molecular flexibility index (Phi) is 5.42. The van der Waals surface area contributed by atoms with Gasteiger partial charge in [0, 0.05) is 10.7 Å². The van der Waals surface area contributed by atoms with Gasteiger partial charge >= 0.3 is 5.97 Å². The molecule has 1 unspecified atom stereocenters. The number of nitrogens with zero attached hydrogens (tertiary/aromatic N) is 1. The molecule has 0 aromatic heterocycles. The SMILES string of the molecule is Cc1ccc(Cl)cc1NC(=O)C(C)N1CCC(C(=O)O)CC1. The zero-order valence-electron chi connectivity index (χ0n) is 12.8. The molecule has 1 aromatic carbocycles. The van der Waals surface area contributed by atoms with E-state index in [-0.39, 0.29) is 17.9 Å². The topological polar surface area (TPSA) is 69.6 Å². The van der Waals surface area contributed by atoms with E-state index >= 15 is 0 Å². The number of aliphatic carboxylic acids is 1. The third-order valence-corrected chi connectivity index (χ3v) is 4.50. The summed E-state index contributed by atoms with van der Waals surface area (Å²) in [6.07, 6.45) is 1.17. The Morgan fingerprint density at radius 1 is 1.36 bits per heavy atom. The van der Waals surface area contributed by atoms with Crippen molar-refractivity contribution in [2.24, 2.45) is 5.92 Å². The quantitative estimate of drug-likeness (QED) is 0.893. The number of carboxylic acids is 1. The van der Waals surface area contributed by atoms with Gasteiger partial charge in [0.05, 0.1) is 12.0 Å². The molecule has 120 valence electrons. The van der Waals surface area contributed by atoms with Crippen LogP contribution in [0.2, 0.25) is 5.02 Å². The summed E-state index contributed by atoms with van der Waals surface area (Å²) in [4.78, 5) is 25.4. The Labute approximate surface area is 135 Å². The Morgan fingerprint density at radius 3 is 2.59 bits per heavy atom. The Morgan fingerprint density at radius 2 is 2.00 bits per heavy atom. The van der Waals surface area contributed by atoms with Crippen molar-refractivity contribution in [3.63, 3.8) is 0 Å². The summed E-state index contributed by atoms with van der Waals surface area (Å²) < 4.78 is 0. The van der Waals surface area contributed by atoms with E-state index in [4.69, 9.17) is 16.7 Å². The molecule has 1 saturated heterocycles. The third-order valence-electron chi connectivity index (χ3n) is 4.26. The maximum Gasteiger partial charge on any atom is 0.306 e. The standard InChI is InChI=1S/C16H21ClN2O3/c1-10-3-4-13(17)9-14(10)18-15(20)11(2)19-7-5-12(6-8-19)16(21)22/h3-4,9,11-12H,5-8H2,1-2H3,(H,18,20)(H,21,22). The molecule has 0 bridgehead atoms. The van der Waals surface area contributed by atoms with E-state index in [0.29, 0.717) is 36.6 Å². The van der Waals surface area contributed by atoms with Gasteiger partial charge in [-0.1, -0.05) is 17.7 Å². The number of halogens is 1. The third kappa shape index (κ3) is 3.99. The lowest BCUT2D eigenvalue weighted by Crippen LogP contribution is -2.47. The van der Waals surface area contributed by atoms with Crippen molar-refractivity contribution in [1.82, 2.24) is 4.90 Å². The number of anilines is 1. The minimum Gasteiger partial charge on any atom is -0.481 e. The Balaban J connectivity index is 1.95. The molecule has 22 heavy (non-hydrogen) atoms. The molecular formula is C16H21ClN2O3. The largest absolute Gasteiger partial charge is 0.481 e. The first-order chi connectivity index (χ1) is 10.4. The molecule has 0 saturated carbocycles. The first kappa shape index (κ1) is 16.8. The van der Waals surface area contributed by atoms with Crippen LogP contribution in [0.25, 0.3) is 0 Å². The summed E-state index contributed by atoms with van der Waals surface area (Å²) in [5, 5.41) is 12.5. The van der Waals surface area contributed by atoms with E-state index in [1.165, 1.54) is 0 Å². The number of hydrogen-bond donors (Lipinski definition) is 2. The maximum absolute atomic E-state index is 12.4. The second kappa shape index (κ2) is 7.11.